The van der Waals surface area contributed by atoms with Crippen LogP contribution in [0.15, 0.2) is 40.3 Å². The van der Waals surface area contributed by atoms with Gasteiger partial charge in [0.15, 0.2) is 11.0 Å². The highest BCUT2D eigenvalue weighted by Gasteiger charge is 2.20. The number of carbonyl (C=O) groups is 1. The fraction of sp³-hybridized carbons (Fsp3) is 0.250. The topological polar surface area (TPSA) is 103 Å². The largest absolute Gasteiger partial charge is 0.462 e. The SMILES string of the molecule is CCOC(=O)c1sc2nc(CSc3nnc(-c4ccccc4)n3C)[nH]c(=O)c2c1C. The molecule has 0 aliphatic rings. The van der Waals surface area contributed by atoms with E-state index < -0.39 is 5.97 Å². The predicted molar refractivity (Wildman–Crippen MR) is 117 cm³/mol. The lowest BCUT2D eigenvalue weighted by atomic mass is 10.2. The fourth-order valence-electron chi connectivity index (χ4n) is 3.06. The van der Waals surface area contributed by atoms with Crippen molar-refractivity contribution in [2.24, 2.45) is 7.05 Å². The summed E-state index contributed by atoms with van der Waals surface area (Å²) in [6.45, 7) is 3.76. The summed E-state index contributed by atoms with van der Waals surface area (Å²) in [6, 6.07) is 9.81. The molecule has 0 saturated heterocycles. The van der Waals surface area contributed by atoms with Crippen LogP contribution in [0.3, 0.4) is 0 Å². The van der Waals surface area contributed by atoms with E-state index in [2.05, 4.69) is 20.2 Å². The van der Waals surface area contributed by atoms with Gasteiger partial charge in [0.05, 0.1) is 17.7 Å². The van der Waals surface area contributed by atoms with Crippen molar-refractivity contribution in [3.63, 3.8) is 0 Å². The minimum Gasteiger partial charge on any atom is -0.462 e. The molecule has 8 nitrogen and oxygen atoms in total. The third-order valence-electron chi connectivity index (χ3n) is 4.52. The third-order valence-corrected chi connectivity index (χ3v) is 6.71. The van der Waals surface area contributed by atoms with Gasteiger partial charge in [0.2, 0.25) is 0 Å². The van der Waals surface area contributed by atoms with Crippen LogP contribution in [-0.2, 0) is 17.5 Å². The highest BCUT2D eigenvalue weighted by molar-refractivity contribution is 7.98. The van der Waals surface area contributed by atoms with Crippen molar-refractivity contribution in [3.8, 4) is 11.4 Å². The van der Waals surface area contributed by atoms with Gasteiger partial charge in [-0.15, -0.1) is 21.5 Å². The van der Waals surface area contributed by atoms with Crippen LogP contribution in [0.1, 0.15) is 28.0 Å². The van der Waals surface area contributed by atoms with E-state index in [9.17, 15) is 9.59 Å². The van der Waals surface area contributed by atoms with Crippen LogP contribution < -0.4 is 5.56 Å². The molecule has 0 saturated carbocycles. The molecule has 0 aliphatic carbocycles. The zero-order valence-electron chi connectivity index (χ0n) is 16.6. The third kappa shape index (κ3) is 3.75. The second-order valence-electron chi connectivity index (χ2n) is 6.49. The van der Waals surface area contributed by atoms with Gasteiger partial charge >= 0.3 is 5.97 Å². The van der Waals surface area contributed by atoms with Crippen molar-refractivity contribution in [1.82, 2.24) is 24.7 Å². The Bertz CT molecular complexity index is 1280. The van der Waals surface area contributed by atoms with Gasteiger partial charge in [-0.2, -0.15) is 0 Å². The smallest absolute Gasteiger partial charge is 0.348 e. The van der Waals surface area contributed by atoms with Crippen molar-refractivity contribution in [3.05, 3.63) is 57.0 Å². The molecule has 0 aliphatic heterocycles. The number of fused-ring (bicyclic) bond motifs is 1. The van der Waals surface area contributed by atoms with E-state index in [4.69, 9.17) is 4.74 Å². The summed E-state index contributed by atoms with van der Waals surface area (Å²) in [7, 11) is 1.90. The molecule has 154 valence electrons. The Kier molecular flexibility index (Phi) is 5.69. The minimum atomic E-state index is -0.430. The number of hydrogen-bond donors (Lipinski definition) is 1. The summed E-state index contributed by atoms with van der Waals surface area (Å²) in [5.41, 5.74) is 1.32. The predicted octanol–water partition coefficient (Wildman–Crippen LogP) is 3.56. The number of esters is 1. The maximum atomic E-state index is 12.6. The number of ether oxygens (including phenoxy) is 1. The number of aromatic amines is 1. The molecule has 4 aromatic rings. The van der Waals surface area contributed by atoms with E-state index in [-0.39, 0.29) is 12.2 Å². The zero-order valence-corrected chi connectivity index (χ0v) is 18.3. The van der Waals surface area contributed by atoms with Gasteiger partial charge in [-0.05, 0) is 19.4 Å². The lowest BCUT2D eigenvalue weighted by Gasteiger charge is -2.04. The Hall–Kier alpha value is -2.98. The molecule has 1 aromatic carbocycles. The number of H-pyrrole nitrogens is 1. The van der Waals surface area contributed by atoms with Crippen molar-refractivity contribution >= 4 is 39.3 Å². The lowest BCUT2D eigenvalue weighted by molar-refractivity contribution is 0.0531. The number of thiophene rings is 1. The number of thioether (sulfide) groups is 1. The van der Waals surface area contributed by atoms with Crippen LogP contribution in [0.2, 0.25) is 0 Å². The van der Waals surface area contributed by atoms with Crippen LogP contribution in [0.5, 0.6) is 0 Å². The summed E-state index contributed by atoms with van der Waals surface area (Å²) in [5.74, 6) is 1.26. The monoisotopic (exact) mass is 441 g/mol. The Labute approximate surface area is 180 Å². The van der Waals surface area contributed by atoms with Gasteiger partial charge in [0.25, 0.3) is 5.56 Å². The molecule has 0 spiro atoms. The molecule has 10 heteroatoms. The maximum absolute atomic E-state index is 12.6. The maximum Gasteiger partial charge on any atom is 0.348 e. The molecule has 0 unspecified atom stereocenters. The van der Waals surface area contributed by atoms with Crippen molar-refractivity contribution in [2.75, 3.05) is 6.61 Å². The van der Waals surface area contributed by atoms with Gasteiger partial charge in [-0.3, -0.25) is 4.79 Å². The first-order valence-electron chi connectivity index (χ1n) is 9.26. The number of hydrogen-bond acceptors (Lipinski definition) is 8. The first-order chi connectivity index (χ1) is 14.5. The second-order valence-corrected chi connectivity index (χ2v) is 8.43. The fourth-order valence-corrected chi connectivity index (χ4v) is 4.94. The van der Waals surface area contributed by atoms with Gasteiger partial charge < -0.3 is 14.3 Å². The number of aryl methyl sites for hydroxylation is 1. The summed E-state index contributed by atoms with van der Waals surface area (Å²) in [5, 5.41) is 9.67. The van der Waals surface area contributed by atoms with Gasteiger partial charge in [0, 0.05) is 12.6 Å². The number of nitrogens with one attached hydrogen (secondary N) is 1. The van der Waals surface area contributed by atoms with Crippen molar-refractivity contribution in [2.45, 2.75) is 24.8 Å². The molecule has 0 radical (unpaired) electrons. The van der Waals surface area contributed by atoms with E-state index in [1.54, 1.807) is 13.8 Å². The summed E-state index contributed by atoms with van der Waals surface area (Å²) in [4.78, 5) is 33.0. The summed E-state index contributed by atoms with van der Waals surface area (Å²) < 4.78 is 6.98. The molecule has 30 heavy (non-hydrogen) atoms. The average molecular weight is 442 g/mol. The van der Waals surface area contributed by atoms with Gasteiger partial charge in [-0.25, -0.2) is 9.78 Å². The van der Waals surface area contributed by atoms with Crippen molar-refractivity contribution in [1.29, 1.82) is 0 Å². The van der Waals surface area contributed by atoms with Crippen LogP contribution in [0.25, 0.3) is 21.6 Å². The molecular weight excluding hydrogens is 422 g/mol. The number of nitrogens with zero attached hydrogens (tertiary/aromatic N) is 4. The quantitative estimate of drug-likeness (QED) is 0.360. The van der Waals surface area contributed by atoms with E-state index in [0.717, 1.165) is 11.4 Å². The Morgan fingerprint density at radius 3 is 2.77 bits per heavy atom. The van der Waals surface area contributed by atoms with Crippen LogP contribution in [0.4, 0.5) is 0 Å². The van der Waals surface area contributed by atoms with Crippen LogP contribution >= 0.6 is 23.1 Å². The van der Waals surface area contributed by atoms with E-state index in [1.807, 2.05) is 41.9 Å². The Balaban J connectivity index is 1.59. The highest BCUT2D eigenvalue weighted by Crippen LogP contribution is 2.29. The number of benzene rings is 1. The molecule has 3 aromatic heterocycles. The molecule has 1 N–H and O–H groups in total. The van der Waals surface area contributed by atoms with Crippen LogP contribution in [-0.4, -0.2) is 37.3 Å². The first-order valence-corrected chi connectivity index (χ1v) is 11.1. The Morgan fingerprint density at radius 2 is 2.03 bits per heavy atom. The highest BCUT2D eigenvalue weighted by atomic mass is 32.2. The molecule has 0 fully saturated rings. The summed E-state index contributed by atoms with van der Waals surface area (Å²) >= 11 is 2.61. The first kappa shape index (κ1) is 20.3. The normalized spacial score (nSPS) is 11.2. The van der Waals surface area contributed by atoms with E-state index >= 15 is 0 Å². The molecule has 3 heterocycles. The molecular formula is C20H19N5O3S2. The lowest BCUT2D eigenvalue weighted by Crippen LogP contribution is -2.11. The van der Waals surface area contributed by atoms with E-state index in [0.29, 0.717) is 37.4 Å². The molecule has 0 amide bonds. The number of rotatable bonds is 6. The number of carbonyl (C=O) groups excluding carboxylic acids is 1. The summed E-state index contributed by atoms with van der Waals surface area (Å²) in [6.07, 6.45) is 0. The molecule has 0 bridgehead atoms. The molecule has 0 atom stereocenters. The second kappa shape index (κ2) is 8.41. The average Bonchev–Trinajstić information content (AvgIpc) is 3.27. The molecule has 4 rings (SSSR count). The van der Waals surface area contributed by atoms with E-state index in [1.165, 1.54) is 23.1 Å². The zero-order chi connectivity index (χ0) is 21.3. The minimum absolute atomic E-state index is 0.261. The standard InChI is InChI=1S/C20H19N5O3S2/c1-4-28-19(27)15-11(2)14-17(26)21-13(22-18(14)30-15)10-29-20-24-23-16(25(20)3)12-8-6-5-7-9-12/h5-9H,4,10H2,1-3H3,(H,21,22,26). The number of aromatic nitrogens is 5. The van der Waals surface area contributed by atoms with Crippen LogP contribution in [0, 0.1) is 6.92 Å². The Morgan fingerprint density at radius 1 is 1.27 bits per heavy atom. The van der Waals surface area contributed by atoms with Gasteiger partial charge in [0.1, 0.15) is 15.5 Å². The van der Waals surface area contributed by atoms with Gasteiger partial charge in [-0.1, -0.05) is 42.1 Å². The van der Waals surface area contributed by atoms with Crippen molar-refractivity contribution < 1.29 is 9.53 Å².